The van der Waals surface area contributed by atoms with Crippen molar-refractivity contribution >= 4 is 0 Å². The van der Waals surface area contributed by atoms with E-state index < -0.39 is 0 Å². The molecular weight excluding hydrogens is 129 g/mol. The fraction of sp³-hybridized carbons (Fsp3) is 0.250. The molecular formula is C8H12FN. The minimum absolute atomic E-state index is 0.258. The highest BCUT2D eigenvalue weighted by atomic mass is 19.1. The Bertz CT molecular complexity index is 189. The maximum atomic E-state index is 12.6. The van der Waals surface area contributed by atoms with Crippen LogP contribution < -0.4 is 5.73 Å². The molecule has 1 nitrogen and oxygen atoms in total. The molecule has 0 aromatic rings. The van der Waals surface area contributed by atoms with Gasteiger partial charge in [-0.25, -0.2) is 4.39 Å². The number of nitrogens with two attached hydrogens (primary N) is 1. The highest BCUT2D eigenvalue weighted by Gasteiger charge is 1.93. The third-order valence-electron chi connectivity index (χ3n) is 1.03. The minimum Gasteiger partial charge on any atom is -0.399 e. The molecule has 0 fully saturated rings. The molecule has 0 radical (unpaired) electrons. The van der Waals surface area contributed by atoms with E-state index in [2.05, 4.69) is 6.58 Å². The molecule has 0 aromatic heterocycles. The van der Waals surface area contributed by atoms with Crippen LogP contribution in [0.15, 0.2) is 35.8 Å². The molecule has 0 bridgehead atoms. The van der Waals surface area contributed by atoms with E-state index in [1.54, 1.807) is 13.8 Å². The zero-order valence-corrected chi connectivity index (χ0v) is 6.32. The van der Waals surface area contributed by atoms with Crippen molar-refractivity contribution in [2.75, 3.05) is 0 Å². The van der Waals surface area contributed by atoms with E-state index >= 15 is 0 Å². The topological polar surface area (TPSA) is 26.0 Å². The summed E-state index contributed by atoms with van der Waals surface area (Å²) < 4.78 is 12.6. The van der Waals surface area contributed by atoms with Crippen LogP contribution in [-0.2, 0) is 0 Å². The van der Waals surface area contributed by atoms with Gasteiger partial charge in [0.05, 0.1) is 0 Å². The fourth-order valence-corrected chi connectivity index (χ4v) is 0.575. The molecule has 2 N–H and O–H groups in total. The fourth-order valence-electron chi connectivity index (χ4n) is 0.575. The van der Waals surface area contributed by atoms with Crippen molar-refractivity contribution in [3.8, 4) is 0 Å². The Kier molecular flexibility index (Phi) is 3.47. The van der Waals surface area contributed by atoms with Gasteiger partial charge in [0.25, 0.3) is 0 Å². The van der Waals surface area contributed by atoms with Gasteiger partial charge < -0.3 is 5.73 Å². The Morgan fingerprint density at radius 1 is 1.60 bits per heavy atom. The summed E-state index contributed by atoms with van der Waals surface area (Å²) in [5.74, 6) is -0.258. The predicted octanol–water partition coefficient (Wildman–Crippen LogP) is 2.28. The van der Waals surface area contributed by atoms with E-state index in [0.717, 1.165) is 0 Å². The van der Waals surface area contributed by atoms with E-state index in [0.29, 0.717) is 11.3 Å². The molecule has 0 amide bonds. The number of hydrogen-bond donors (Lipinski definition) is 1. The minimum atomic E-state index is -0.258. The largest absolute Gasteiger partial charge is 0.399 e. The zero-order chi connectivity index (χ0) is 8.15. The first kappa shape index (κ1) is 8.95. The van der Waals surface area contributed by atoms with Crippen molar-refractivity contribution < 1.29 is 4.39 Å². The van der Waals surface area contributed by atoms with Crippen LogP contribution in [-0.4, -0.2) is 0 Å². The van der Waals surface area contributed by atoms with Gasteiger partial charge >= 0.3 is 0 Å². The molecule has 10 heavy (non-hydrogen) atoms. The van der Waals surface area contributed by atoms with Gasteiger partial charge in [-0.1, -0.05) is 12.7 Å². The van der Waals surface area contributed by atoms with Gasteiger partial charge in [-0.3, -0.25) is 0 Å². The highest BCUT2D eigenvalue weighted by Crippen LogP contribution is 2.10. The quantitative estimate of drug-likeness (QED) is 0.586. The molecule has 0 aliphatic heterocycles. The van der Waals surface area contributed by atoms with Crippen molar-refractivity contribution in [3.63, 3.8) is 0 Å². The number of allylic oxidation sites excluding steroid dienone is 4. The van der Waals surface area contributed by atoms with Crippen molar-refractivity contribution in [3.05, 3.63) is 35.8 Å². The molecule has 0 rings (SSSR count). The Morgan fingerprint density at radius 3 is 2.40 bits per heavy atom. The standard InChI is InChI=1S/C8H12FN/c1-4-8(9)6(2)5-7(3)10/h4-5H,3,10H2,1-2H3/b6-5-,8-4-. The van der Waals surface area contributed by atoms with Crippen LogP contribution in [0.25, 0.3) is 0 Å². The Morgan fingerprint density at radius 2 is 2.10 bits per heavy atom. The Hall–Kier alpha value is -1.05. The van der Waals surface area contributed by atoms with Gasteiger partial charge in [0.2, 0.25) is 0 Å². The summed E-state index contributed by atoms with van der Waals surface area (Å²) >= 11 is 0. The second kappa shape index (κ2) is 3.88. The van der Waals surface area contributed by atoms with Crippen LogP contribution in [0.1, 0.15) is 13.8 Å². The van der Waals surface area contributed by atoms with Crippen LogP contribution in [0.4, 0.5) is 4.39 Å². The summed E-state index contributed by atoms with van der Waals surface area (Å²) in [6, 6.07) is 0. The SMILES string of the molecule is C=C(N)/C=C(C)\C(F)=C\C. The van der Waals surface area contributed by atoms with Crippen molar-refractivity contribution in [1.29, 1.82) is 0 Å². The van der Waals surface area contributed by atoms with Crippen LogP contribution in [0.3, 0.4) is 0 Å². The normalized spacial score (nSPS) is 13.5. The smallest absolute Gasteiger partial charge is 0.121 e. The first-order valence-electron chi connectivity index (χ1n) is 3.02. The lowest BCUT2D eigenvalue weighted by molar-refractivity contribution is 0.649. The van der Waals surface area contributed by atoms with Gasteiger partial charge in [-0.15, -0.1) is 0 Å². The van der Waals surface area contributed by atoms with Crippen molar-refractivity contribution in [2.45, 2.75) is 13.8 Å². The van der Waals surface area contributed by atoms with E-state index in [4.69, 9.17) is 5.73 Å². The van der Waals surface area contributed by atoms with Crippen LogP contribution >= 0.6 is 0 Å². The van der Waals surface area contributed by atoms with Crippen LogP contribution in [0.2, 0.25) is 0 Å². The van der Waals surface area contributed by atoms with Crippen LogP contribution in [0, 0.1) is 0 Å². The van der Waals surface area contributed by atoms with Gasteiger partial charge in [-0.05, 0) is 25.5 Å². The third kappa shape index (κ3) is 3.07. The first-order chi connectivity index (χ1) is 4.57. The monoisotopic (exact) mass is 141 g/mol. The summed E-state index contributed by atoms with van der Waals surface area (Å²) in [5, 5.41) is 0. The molecule has 0 spiro atoms. The molecule has 0 aromatic carbocycles. The van der Waals surface area contributed by atoms with Gasteiger partial charge in [0, 0.05) is 5.70 Å². The van der Waals surface area contributed by atoms with E-state index in [1.165, 1.54) is 12.2 Å². The van der Waals surface area contributed by atoms with Gasteiger partial charge in [0.15, 0.2) is 0 Å². The average Bonchev–Trinajstić information content (AvgIpc) is 1.85. The Balaban J connectivity index is 4.35. The molecule has 56 valence electrons. The Labute approximate surface area is 60.7 Å². The summed E-state index contributed by atoms with van der Waals surface area (Å²) in [5.41, 5.74) is 6.10. The van der Waals surface area contributed by atoms with Crippen molar-refractivity contribution in [2.24, 2.45) is 5.73 Å². The molecule has 2 heteroatoms. The summed E-state index contributed by atoms with van der Waals surface area (Å²) in [7, 11) is 0. The average molecular weight is 141 g/mol. The number of hydrogen-bond acceptors (Lipinski definition) is 1. The second-order valence-corrected chi connectivity index (χ2v) is 2.04. The van der Waals surface area contributed by atoms with Gasteiger partial charge in [0.1, 0.15) is 5.83 Å². The van der Waals surface area contributed by atoms with Crippen LogP contribution in [0.5, 0.6) is 0 Å². The number of halogens is 1. The summed E-state index contributed by atoms with van der Waals surface area (Å²) in [6.07, 6.45) is 2.88. The second-order valence-electron chi connectivity index (χ2n) is 2.04. The lowest BCUT2D eigenvalue weighted by Crippen LogP contribution is -1.91. The maximum Gasteiger partial charge on any atom is 0.121 e. The molecule has 0 saturated heterocycles. The summed E-state index contributed by atoms with van der Waals surface area (Å²) in [6.45, 7) is 6.70. The van der Waals surface area contributed by atoms with Crippen molar-refractivity contribution in [1.82, 2.24) is 0 Å². The maximum absolute atomic E-state index is 12.6. The molecule has 0 heterocycles. The van der Waals surface area contributed by atoms with Gasteiger partial charge in [-0.2, -0.15) is 0 Å². The molecule has 0 aliphatic rings. The lowest BCUT2D eigenvalue weighted by atomic mass is 10.2. The molecule has 0 aliphatic carbocycles. The highest BCUT2D eigenvalue weighted by molar-refractivity contribution is 5.29. The molecule has 0 unspecified atom stereocenters. The molecule has 0 atom stereocenters. The first-order valence-corrected chi connectivity index (χ1v) is 3.02. The summed E-state index contributed by atoms with van der Waals surface area (Å²) in [4.78, 5) is 0. The third-order valence-corrected chi connectivity index (χ3v) is 1.03. The van der Waals surface area contributed by atoms with E-state index in [-0.39, 0.29) is 5.83 Å². The zero-order valence-electron chi connectivity index (χ0n) is 6.32. The van der Waals surface area contributed by atoms with E-state index in [9.17, 15) is 4.39 Å². The predicted molar refractivity (Wildman–Crippen MR) is 41.9 cm³/mol. The molecule has 0 saturated carbocycles. The lowest BCUT2D eigenvalue weighted by Gasteiger charge is -1.94. The number of rotatable bonds is 2. The van der Waals surface area contributed by atoms with E-state index in [1.807, 2.05) is 0 Å².